The molecule has 25 heavy (non-hydrogen) atoms. The second-order valence-electron chi connectivity index (χ2n) is 5.81. The molecule has 1 aliphatic rings. The van der Waals surface area contributed by atoms with Crippen molar-refractivity contribution in [1.29, 1.82) is 5.26 Å². The smallest absolute Gasteiger partial charge is 0.325 e. The SMILES string of the molecule is COc1ncccc1CN1C(=O)NC(C)(c2ccc(C#N)cc2)C1=O. The molecule has 1 fully saturated rings. The predicted octanol–water partition coefficient (Wildman–Crippen LogP) is 1.93. The second kappa shape index (κ2) is 6.24. The van der Waals surface area contributed by atoms with Crippen LogP contribution in [0.3, 0.4) is 0 Å². The van der Waals surface area contributed by atoms with Gasteiger partial charge in [0.1, 0.15) is 5.54 Å². The van der Waals surface area contributed by atoms with Crippen LogP contribution < -0.4 is 10.1 Å². The quantitative estimate of drug-likeness (QED) is 0.861. The first-order chi connectivity index (χ1) is 12.0. The molecule has 0 bridgehead atoms. The Balaban J connectivity index is 1.90. The number of aromatic nitrogens is 1. The maximum Gasteiger partial charge on any atom is 0.325 e. The number of hydrogen-bond donors (Lipinski definition) is 1. The molecule has 0 spiro atoms. The molecule has 0 radical (unpaired) electrons. The highest BCUT2D eigenvalue weighted by Gasteiger charge is 2.49. The molecule has 126 valence electrons. The van der Waals surface area contributed by atoms with E-state index in [-0.39, 0.29) is 12.5 Å². The number of imide groups is 1. The lowest BCUT2D eigenvalue weighted by atomic mass is 9.91. The number of carbonyl (C=O) groups is 2. The Morgan fingerprint density at radius 3 is 2.64 bits per heavy atom. The number of carbonyl (C=O) groups excluding carboxylic acids is 2. The Morgan fingerprint density at radius 2 is 2.00 bits per heavy atom. The number of urea groups is 1. The summed E-state index contributed by atoms with van der Waals surface area (Å²) in [6, 6.07) is 11.6. The second-order valence-corrected chi connectivity index (χ2v) is 5.81. The lowest BCUT2D eigenvalue weighted by Crippen LogP contribution is -2.40. The Labute approximate surface area is 144 Å². The van der Waals surface area contributed by atoms with Crippen LogP contribution in [0.1, 0.15) is 23.6 Å². The van der Waals surface area contributed by atoms with Crippen LogP contribution in [0.25, 0.3) is 0 Å². The summed E-state index contributed by atoms with van der Waals surface area (Å²) in [5.74, 6) is 0.00295. The minimum Gasteiger partial charge on any atom is -0.481 e. The summed E-state index contributed by atoms with van der Waals surface area (Å²) in [7, 11) is 1.48. The van der Waals surface area contributed by atoms with Gasteiger partial charge in [-0.3, -0.25) is 9.69 Å². The van der Waals surface area contributed by atoms with Crippen molar-refractivity contribution in [3.05, 3.63) is 59.3 Å². The molecule has 2 heterocycles. The molecule has 7 nitrogen and oxygen atoms in total. The summed E-state index contributed by atoms with van der Waals surface area (Å²) in [4.78, 5) is 30.5. The van der Waals surface area contributed by atoms with Crippen molar-refractivity contribution in [2.45, 2.75) is 19.0 Å². The molecule has 1 unspecified atom stereocenters. The van der Waals surface area contributed by atoms with E-state index in [2.05, 4.69) is 10.3 Å². The number of nitrogens with one attached hydrogen (secondary N) is 1. The standard InChI is InChI=1S/C18H16N4O3/c1-18(14-7-5-12(10-19)6-8-14)16(23)22(17(24)21-18)11-13-4-3-9-20-15(13)25-2/h3-9H,11H2,1-2H3,(H,21,24). The van der Waals surface area contributed by atoms with E-state index in [0.29, 0.717) is 22.6 Å². The topological polar surface area (TPSA) is 95.3 Å². The van der Waals surface area contributed by atoms with E-state index in [1.54, 1.807) is 49.5 Å². The van der Waals surface area contributed by atoms with Gasteiger partial charge in [0, 0.05) is 11.8 Å². The number of rotatable bonds is 4. The lowest BCUT2D eigenvalue weighted by molar-refractivity contribution is -0.131. The van der Waals surface area contributed by atoms with E-state index in [4.69, 9.17) is 10.00 Å². The van der Waals surface area contributed by atoms with Gasteiger partial charge in [0.25, 0.3) is 5.91 Å². The highest BCUT2D eigenvalue weighted by molar-refractivity contribution is 6.07. The van der Waals surface area contributed by atoms with Crippen LogP contribution in [-0.2, 0) is 16.9 Å². The average molecular weight is 336 g/mol. The number of nitrogens with zero attached hydrogens (tertiary/aromatic N) is 3. The zero-order valence-electron chi connectivity index (χ0n) is 13.8. The average Bonchev–Trinajstić information content (AvgIpc) is 2.86. The molecule has 2 aromatic rings. The van der Waals surface area contributed by atoms with Gasteiger partial charge in [-0.25, -0.2) is 9.78 Å². The molecular formula is C18H16N4O3. The Bertz CT molecular complexity index is 873. The van der Waals surface area contributed by atoms with Crippen LogP contribution in [-0.4, -0.2) is 28.9 Å². The van der Waals surface area contributed by atoms with Crippen molar-refractivity contribution in [3.63, 3.8) is 0 Å². The molecule has 1 saturated heterocycles. The van der Waals surface area contributed by atoms with E-state index in [1.165, 1.54) is 7.11 Å². The van der Waals surface area contributed by atoms with Crippen molar-refractivity contribution in [1.82, 2.24) is 15.2 Å². The molecule has 7 heteroatoms. The monoisotopic (exact) mass is 336 g/mol. The number of methoxy groups -OCH3 is 1. The number of nitriles is 1. The van der Waals surface area contributed by atoms with Crippen LogP contribution in [0.2, 0.25) is 0 Å². The highest BCUT2D eigenvalue weighted by Crippen LogP contribution is 2.30. The molecule has 3 rings (SSSR count). The molecule has 3 amide bonds. The molecule has 1 atom stereocenters. The third kappa shape index (κ3) is 2.78. The molecule has 0 aliphatic carbocycles. The number of hydrogen-bond acceptors (Lipinski definition) is 5. The maximum absolute atomic E-state index is 12.9. The summed E-state index contributed by atoms with van der Waals surface area (Å²) in [6.07, 6.45) is 1.58. The third-order valence-electron chi connectivity index (χ3n) is 4.24. The molecule has 0 saturated carbocycles. The summed E-state index contributed by atoms with van der Waals surface area (Å²) >= 11 is 0. The molecule has 1 aliphatic heterocycles. The minimum absolute atomic E-state index is 0.0630. The summed E-state index contributed by atoms with van der Waals surface area (Å²) in [5, 5.41) is 11.6. The Kier molecular flexibility index (Phi) is 4.11. The fourth-order valence-corrected chi connectivity index (χ4v) is 2.81. The molecular weight excluding hydrogens is 320 g/mol. The van der Waals surface area contributed by atoms with Crippen LogP contribution in [0.4, 0.5) is 4.79 Å². The van der Waals surface area contributed by atoms with Crippen molar-refractivity contribution < 1.29 is 14.3 Å². The van der Waals surface area contributed by atoms with E-state index in [9.17, 15) is 9.59 Å². The van der Waals surface area contributed by atoms with Crippen molar-refractivity contribution >= 4 is 11.9 Å². The maximum atomic E-state index is 12.9. The van der Waals surface area contributed by atoms with Crippen LogP contribution in [0, 0.1) is 11.3 Å². The van der Waals surface area contributed by atoms with Crippen LogP contribution in [0.5, 0.6) is 5.88 Å². The van der Waals surface area contributed by atoms with Crippen LogP contribution in [0.15, 0.2) is 42.6 Å². The molecule has 1 aromatic heterocycles. The van der Waals surface area contributed by atoms with Gasteiger partial charge in [-0.15, -0.1) is 0 Å². The van der Waals surface area contributed by atoms with E-state index >= 15 is 0 Å². The Hall–Kier alpha value is -3.40. The van der Waals surface area contributed by atoms with Crippen molar-refractivity contribution in [2.75, 3.05) is 7.11 Å². The minimum atomic E-state index is -1.18. The van der Waals surface area contributed by atoms with Gasteiger partial charge in [-0.2, -0.15) is 5.26 Å². The summed E-state index contributed by atoms with van der Waals surface area (Å²) in [5.41, 5.74) is 0.560. The fraction of sp³-hybridized carbons (Fsp3) is 0.222. The van der Waals surface area contributed by atoms with Gasteiger partial charge in [0.05, 0.1) is 25.3 Å². The third-order valence-corrected chi connectivity index (χ3v) is 4.24. The van der Waals surface area contributed by atoms with Gasteiger partial charge < -0.3 is 10.1 Å². The van der Waals surface area contributed by atoms with E-state index < -0.39 is 11.6 Å². The van der Waals surface area contributed by atoms with Gasteiger partial charge in [0.2, 0.25) is 5.88 Å². The predicted molar refractivity (Wildman–Crippen MR) is 88.4 cm³/mol. The largest absolute Gasteiger partial charge is 0.481 e. The molecule has 1 aromatic carbocycles. The normalized spacial score (nSPS) is 19.5. The van der Waals surface area contributed by atoms with Crippen molar-refractivity contribution in [3.8, 4) is 11.9 Å². The van der Waals surface area contributed by atoms with Crippen LogP contribution >= 0.6 is 0 Å². The van der Waals surface area contributed by atoms with E-state index in [0.717, 1.165) is 4.90 Å². The van der Waals surface area contributed by atoms with E-state index in [1.807, 2.05) is 6.07 Å². The Morgan fingerprint density at radius 1 is 1.28 bits per heavy atom. The zero-order valence-corrected chi connectivity index (χ0v) is 13.8. The van der Waals surface area contributed by atoms with Gasteiger partial charge in [0.15, 0.2) is 0 Å². The first-order valence-corrected chi connectivity index (χ1v) is 7.62. The fourth-order valence-electron chi connectivity index (χ4n) is 2.81. The number of amides is 3. The summed E-state index contributed by atoms with van der Waals surface area (Å²) < 4.78 is 5.18. The summed E-state index contributed by atoms with van der Waals surface area (Å²) in [6.45, 7) is 1.71. The number of benzene rings is 1. The first kappa shape index (κ1) is 16.5. The van der Waals surface area contributed by atoms with Gasteiger partial charge in [-0.05, 0) is 30.7 Å². The number of pyridine rings is 1. The van der Waals surface area contributed by atoms with Gasteiger partial charge in [-0.1, -0.05) is 18.2 Å². The highest BCUT2D eigenvalue weighted by atomic mass is 16.5. The number of ether oxygens (including phenoxy) is 1. The zero-order chi connectivity index (χ0) is 18.0. The lowest BCUT2D eigenvalue weighted by Gasteiger charge is -2.22. The van der Waals surface area contributed by atoms with Gasteiger partial charge >= 0.3 is 6.03 Å². The van der Waals surface area contributed by atoms with Crippen molar-refractivity contribution in [2.24, 2.45) is 0 Å². The first-order valence-electron chi connectivity index (χ1n) is 7.62. The molecule has 1 N–H and O–H groups in total.